The molecule has 0 N–H and O–H groups in total. The molecule has 2 rings (SSSR count). The molecule has 0 amide bonds. The minimum atomic E-state index is 0.0635. The van der Waals surface area contributed by atoms with Gasteiger partial charge in [0.25, 0.3) is 0 Å². The van der Waals surface area contributed by atoms with Crippen LogP contribution < -0.4 is 4.74 Å². The van der Waals surface area contributed by atoms with Gasteiger partial charge in [0.1, 0.15) is 5.75 Å². The van der Waals surface area contributed by atoms with Crippen LogP contribution >= 0.6 is 11.3 Å². The van der Waals surface area contributed by atoms with Gasteiger partial charge in [-0.1, -0.05) is 19.1 Å². The lowest BCUT2D eigenvalue weighted by Gasteiger charge is -2.02. The van der Waals surface area contributed by atoms with E-state index in [0.717, 1.165) is 11.3 Å². The van der Waals surface area contributed by atoms with Crippen LogP contribution in [0.25, 0.3) is 0 Å². The van der Waals surface area contributed by atoms with E-state index < -0.39 is 0 Å². The summed E-state index contributed by atoms with van der Waals surface area (Å²) in [5.74, 6) is 0.775. The molecule has 17 heavy (non-hydrogen) atoms. The highest BCUT2D eigenvalue weighted by Crippen LogP contribution is 2.22. The molecule has 2 nitrogen and oxygen atoms in total. The van der Waals surface area contributed by atoms with Gasteiger partial charge in [0.15, 0.2) is 0 Å². The Kier molecular flexibility index (Phi) is 3.59. The third kappa shape index (κ3) is 2.56. The van der Waals surface area contributed by atoms with Gasteiger partial charge < -0.3 is 4.74 Å². The Morgan fingerprint density at radius 1 is 1.29 bits per heavy atom. The van der Waals surface area contributed by atoms with Gasteiger partial charge in [0.2, 0.25) is 5.78 Å². The first-order valence-electron chi connectivity index (χ1n) is 5.52. The third-order valence-corrected chi connectivity index (χ3v) is 3.79. The summed E-state index contributed by atoms with van der Waals surface area (Å²) in [6, 6.07) is 11.2. The van der Waals surface area contributed by atoms with E-state index in [0.29, 0.717) is 11.3 Å². The second-order valence-corrected chi connectivity index (χ2v) is 4.85. The van der Waals surface area contributed by atoms with Crippen molar-refractivity contribution in [3.63, 3.8) is 0 Å². The van der Waals surface area contributed by atoms with Crippen LogP contribution in [0.15, 0.2) is 36.4 Å². The lowest BCUT2D eigenvalue weighted by molar-refractivity contribution is 0.104. The number of aryl methyl sites for hydroxylation is 1. The molecule has 3 heteroatoms. The second-order valence-electron chi connectivity index (χ2n) is 3.68. The Morgan fingerprint density at radius 2 is 2.12 bits per heavy atom. The third-order valence-electron chi connectivity index (χ3n) is 2.57. The van der Waals surface area contributed by atoms with E-state index in [-0.39, 0.29) is 5.78 Å². The number of carbonyl (C=O) groups is 1. The molecule has 0 aliphatic heterocycles. The van der Waals surface area contributed by atoms with E-state index in [2.05, 4.69) is 6.92 Å². The normalized spacial score (nSPS) is 10.2. The van der Waals surface area contributed by atoms with Crippen LogP contribution in [0.5, 0.6) is 5.75 Å². The van der Waals surface area contributed by atoms with Crippen molar-refractivity contribution in [2.45, 2.75) is 13.3 Å². The van der Waals surface area contributed by atoms with Crippen molar-refractivity contribution >= 4 is 17.1 Å². The molecule has 1 aromatic carbocycles. The lowest BCUT2D eigenvalue weighted by atomic mass is 10.1. The maximum atomic E-state index is 12.2. The fourth-order valence-corrected chi connectivity index (χ4v) is 2.51. The fraction of sp³-hybridized carbons (Fsp3) is 0.214. The Balaban J connectivity index is 2.29. The van der Waals surface area contributed by atoms with Crippen LogP contribution in [0.2, 0.25) is 0 Å². The van der Waals surface area contributed by atoms with Crippen LogP contribution in [-0.2, 0) is 6.42 Å². The molecule has 0 bridgehead atoms. The topological polar surface area (TPSA) is 26.3 Å². The number of carbonyl (C=O) groups excluding carboxylic acids is 1. The van der Waals surface area contributed by atoms with E-state index in [1.165, 1.54) is 4.88 Å². The van der Waals surface area contributed by atoms with Crippen molar-refractivity contribution < 1.29 is 9.53 Å². The predicted octanol–water partition coefficient (Wildman–Crippen LogP) is 3.55. The standard InChI is InChI=1S/C14H14O2S/c1-3-12-7-8-13(17-12)14(15)10-5-4-6-11(9-10)16-2/h4-9H,3H2,1-2H3. The largest absolute Gasteiger partial charge is 0.497 e. The molecule has 0 aliphatic rings. The lowest BCUT2D eigenvalue weighted by Crippen LogP contribution is -1.98. The molecule has 2 aromatic rings. The van der Waals surface area contributed by atoms with Crippen molar-refractivity contribution in [1.82, 2.24) is 0 Å². The number of benzene rings is 1. The first kappa shape index (κ1) is 11.9. The summed E-state index contributed by atoms with van der Waals surface area (Å²) in [5.41, 5.74) is 0.675. The number of rotatable bonds is 4. The van der Waals surface area contributed by atoms with E-state index in [1.807, 2.05) is 30.3 Å². The smallest absolute Gasteiger partial charge is 0.203 e. The van der Waals surface area contributed by atoms with Gasteiger partial charge in [-0.05, 0) is 30.7 Å². The van der Waals surface area contributed by atoms with Gasteiger partial charge in [-0.15, -0.1) is 11.3 Å². The molecule has 0 spiro atoms. The zero-order valence-electron chi connectivity index (χ0n) is 9.90. The predicted molar refractivity (Wildman–Crippen MR) is 70.1 cm³/mol. The molecule has 0 unspecified atom stereocenters. The number of ketones is 1. The average Bonchev–Trinajstić information content (AvgIpc) is 2.86. The first-order valence-corrected chi connectivity index (χ1v) is 6.33. The van der Waals surface area contributed by atoms with Gasteiger partial charge in [0.05, 0.1) is 12.0 Å². The van der Waals surface area contributed by atoms with Gasteiger partial charge >= 0.3 is 0 Å². The summed E-state index contributed by atoms with van der Waals surface area (Å²) >= 11 is 1.56. The van der Waals surface area contributed by atoms with Crippen molar-refractivity contribution in [3.8, 4) is 5.75 Å². The Hall–Kier alpha value is -1.61. The van der Waals surface area contributed by atoms with Crippen LogP contribution in [0, 0.1) is 0 Å². The van der Waals surface area contributed by atoms with Crippen molar-refractivity contribution in [2.24, 2.45) is 0 Å². The SMILES string of the molecule is CCc1ccc(C(=O)c2cccc(OC)c2)s1. The summed E-state index contributed by atoms with van der Waals surface area (Å²) in [4.78, 5) is 14.2. The molecule has 0 fully saturated rings. The number of hydrogen-bond donors (Lipinski definition) is 0. The minimum absolute atomic E-state index is 0.0635. The molecular formula is C14H14O2S. The Bertz CT molecular complexity index is 529. The first-order chi connectivity index (χ1) is 8.24. The number of methoxy groups -OCH3 is 1. The van der Waals surface area contributed by atoms with Crippen molar-refractivity contribution in [2.75, 3.05) is 7.11 Å². The quantitative estimate of drug-likeness (QED) is 0.771. The molecule has 88 valence electrons. The summed E-state index contributed by atoms with van der Waals surface area (Å²) in [7, 11) is 1.60. The van der Waals surface area contributed by atoms with E-state index in [9.17, 15) is 4.79 Å². The number of thiophene rings is 1. The van der Waals surface area contributed by atoms with E-state index in [4.69, 9.17) is 4.74 Å². The second kappa shape index (κ2) is 5.15. The maximum absolute atomic E-state index is 12.2. The molecule has 0 saturated heterocycles. The molecular weight excluding hydrogens is 232 g/mol. The van der Waals surface area contributed by atoms with E-state index in [1.54, 1.807) is 24.5 Å². The van der Waals surface area contributed by atoms with Crippen LogP contribution in [0.3, 0.4) is 0 Å². The molecule has 0 aliphatic carbocycles. The average molecular weight is 246 g/mol. The zero-order chi connectivity index (χ0) is 12.3. The Morgan fingerprint density at radius 3 is 2.76 bits per heavy atom. The highest BCUT2D eigenvalue weighted by atomic mass is 32.1. The van der Waals surface area contributed by atoms with E-state index >= 15 is 0 Å². The minimum Gasteiger partial charge on any atom is -0.497 e. The number of ether oxygens (including phenoxy) is 1. The van der Waals surface area contributed by atoms with Gasteiger partial charge in [-0.25, -0.2) is 0 Å². The molecule has 1 heterocycles. The van der Waals surface area contributed by atoms with Crippen LogP contribution in [0.1, 0.15) is 27.0 Å². The monoisotopic (exact) mass is 246 g/mol. The van der Waals surface area contributed by atoms with Gasteiger partial charge in [-0.3, -0.25) is 4.79 Å². The van der Waals surface area contributed by atoms with Crippen LogP contribution in [0.4, 0.5) is 0 Å². The molecule has 0 atom stereocenters. The van der Waals surface area contributed by atoms with Gasteiger partial charge in [0, 0.05) is 10.4 Å². The maximum Gasteiger partial charge on any atom is 0.203 e. The molecule has 1 aromatic heterocycles. The summed E-state index contributed by atoms with van der Waals surface area (Å²) in [6.45, 7) is 2.09. The van der Waals surface area contributed by atoms with Crippen LogP contribution in [-0.4, -0.2) is 12.9 Å². The van der Waals surface area contributed by atoms with Crippen molar-refractivity contribution in [3.05, 3.63) is 51.7 Å². The zero-order valence-corrected chi connectivity index (χ0v) is 10.7. The summed E-state index contributed by atoms with van der Waals surface area (Å²) in [5, 5.41) is 0. The summed E-state index contributed by atoms with van der Waals surface area (Å²) < 4.78 is 5.12. The highest BCUT2D eigenvalue weighted by Gasteiger charge is 2.12. The fourth-order valence-electron chi connectivity index (χ4n) is 1.60. The number of hydrogen-bond acceptors (Lipinski definition) is 3. The van der Waals surface area contributed by atoms with Crippen molar-refractivity contribution in [1.29, 1.82) is 0 Å². The molecule has 0 radical (unpaired) electrons. The molecule has 0 saturated carbocycles. The highest BCUT2D eigenvalue weighted by molar-refractivity contribution is 7.14. The Labute approximate surface area is 105 Å². The summed E-state index contributed by atoms with van der Waals surface area (Å²) in [6.07, 6.45) is 0.968. The van der Waals surface area contributed by atoms with Gasteiger partial charge in [-0.2, -0.15) is 0 Å².